The summed E-state index contributed by atoms with van der Waals surface area (Å²) in [5, 5.41) is 5.45. The van der Waals surface area contributed by atoms with Crippen molar-refractivity contribution in [3.05, 3.63) is 44.9 Å². The second-order valence-electron chi connectivity index (χ2n) is 7.28. The van der Waals surface area contributed by atoms with Gasteiger partial charge in [0.05, 0.1) is 10.0 Å². The molecule has 2 amide bonds. The number of nitrogens with one attached hydrogen (secondary N) is 1. The summed E-state index contributed by atoms with van der Waals surface area (Å²) >= 11 is 13.1. The molecule has 0 spiro atoms. The van der Waals surface area contributed by atoms with Crippen LogP contribution in [0.5, 0.6) is 0 Å². The fraction of sp³-hybridized carbons (Fsp3) is 0.476. The number of likely N-dealkylation sites (N-methyl/N-ethyl adjacent to an activating group) is 1. The van der Waals surface area contributed by atoms with Gasteiger partial charge in [0.25, 0.3) is 11.8 Å². The van der Waals surface area contributed by atoms with Crippen LogP contribution in [-0.4, -0.2) is 83.9 Å². The van der Waals surface area contributed by atoms with E-state index in [9.17, 15) is 9.59 Å². The highest BCUT2D eigenvalue weighted by Gasteiger charge is 2.24. The molecule has 1 N–H and O–H groups in total. The topological polar surface area (TPSA) is 68.8 Å². The van der Waals surface area contributed by atoms with Crippen LogP contribution in [0.4, 0.5) is 5.13 Å². The zero-order valence-electron chi connectivity index (χ0n) is 17.7. The lowest BCUT2D eigenvalue weighted by Crippen LogP contribution is -2.50. The highest BCUT2D eigenvalue weighted by molar-refractivity contribution is 7.14. The second-order valence-corrected chi connectivity index (χ2v) is 8.95. The van der Waals surface area contributed by atoms with Crippen LogP contribution in [0, 0.1) is 0 Å². The van der Waals surface area contributed by atoms with Crippen molar-refractivity contribution in [2.24, 2.45) is 0 Å². The fourth-order valence-electron chi connectivity index (χ4n) is 3.40. The first-order valence-corrected chi connectivity index (χ1v) is 12.0. The monoisotopic (exact) mass is 483 g/mol. The second kappa shape index (κ2) is 11.2. The molecule has 0 atom stereocenters. The summed E-state index contributed by atoms with van der Waals surface area (Å²) < 4.78 is 0. The zero-order valence-corrected chi connectivity index (χ0v) is 20.1. The van der Waals surface area contributed by atoms with Crippen LogP contribution in [0.1, 0.15) is 34.7 Å². The van der Waals surface area contributed by atoms with Gasteiger partial charge in [-0.3, -0.25) is 19.8 Å². The predicted octanol–water partition coefficient (Wildman–Crippen LogP) is 3.80. The Bertz CT molecular complexity index is 911. The molecule has 0 unspecified atom stereocenters. The van der Waals surface area contributed by atoms with Crippen LogP contribution in [0.15, 0.2) is 23.6 Å². The zero-order chi connectivity index (χ0) is 22.4. The molecule has 1 aromatic carbocycles. The van der Waals surface area contributed by atoms with Crippen molar-refractivity contribution in [3.8, 4) is 0 Å². The molecule has 7 nitrogen and oxygen atoms in total. The van der Waals surface area contributed by atoms with Crippen LogP contribution in [0.2, 0.25) is 10.0 Å². The summed E-state index contributed by atoms with van der Waals surface area (Å²) in [4.78, 5) is 36.1. The minimum Gasteiger partial charge on any atom is -0.335 e. The Morgan fingerprint density at radius 2 is 1.84 bits per heavy atom. The van der Waals surface area contributed by atoms with Crippen molar-refractivity contribution in [2.75, 3.05) is 57.7 Å². The van der Waals surface area contributed by atoms with Crippen LogP contribution < -0.4 is 5.32 Å². The number of thiazole rings is 1. The number of rotatable bonds is 8. The Morgan fingerprint density at radius 1 is 1.13 bits per heavy atom. The van der Waals surface area contributed by atoms with Gasteiger partial charge in [0.15, 0.2) is 5.13 Å². The summed E-state index contributed by atoms with van der Waals surface area (Å²) in [7, 11) is 0. The number of carbonyl (C=O) groups is 2. The van der Waals surface area contributed by atoms with E-state index in [1.165, 1.54) is 17.4 Å². The van der Waals surface area contributed by atoms with E-state index in [1.807, 2.05) is 4.90 Å². The van der Waals surface area contributed by atoms with E-state index in [1.54, 1.807) is 17.5 Å². The van der Waals surface area contributed by atoms with E-state index in [-0.39, 0.29) is 11.8 Å². The normalized spacial score (nSPS) is 14.8. The van der Waals surface area contributed by atoms with E-state index < -0.39 is 0 Å². The molecule has 0 radical (unpaired) electrons. The SMILES string of the molecule is CCN(CC)CCN1CCN(C(=O)c2csc(NC(=O)c3ccc(Cl)c(Cl)c3)n2)CC1. The number of carbonyl (C=O) groups excluding carboxylic acids is 2. The largest absolute Gasteiger partial charge is 0.335 e. The lowest BCUT2D eigenvalue weighted by Gasteiger charge is -2.35. The summed E-state index contributed by atoms with van der Waals surface area (Å²) in [5.41, 5.74) is 0.726. The number of amides is 2. The third kappa shape index (κ3) is 6.40. The molecule has 2 heterocycles. The third-order valence-corrected chi connectivity index (χ3v) is 6.91. The van der Waals surface area contributed by atoms with Crippen LogP contribution in [0.25, 0.3) is 0 Å². The number of nitrogens with zero attached hydrogens (tertiary/aromatic N) is 4. The van der Waals surface area contributed by atoms with Crippen molar-refractivity contribution >= 4 is 51.5 Å². The average molecular weight is 484 g/mol. The fourth-order valence-corrected chi connectivity index (χ4v) is 4.37. The van der Waals surface area contributed by atoms with E-state index in [0.29, 0.717) is 39.5 Å². The number of piperazine rings is 1. The highest BCUT2D eigenvalue weighted by Crippen LogP contribution is 2.24. The van der Waals surface area contributed by atoms with Gasteiger partial charge >= 0.3 is 0 Å². The van der Waals surface area contributed by atoms with Crippen molar-refractivity contribution in [3.63, 3.8) is 0 Å². The van der Waals surface area contributed by atoms with Gasteiger partial charge in [-0.25, -0.2) is 4.98 Å². The standard InChI is InChI=1S/C21H27Cl2N5O2S/c1-3-26(4-2)7-8-27-9-11-28(12-10-27)20(30)18-14-31-21(24-18)25-19(29)15-5-6-16(22)17(23)13-15/h5-6,13-14H,3-4,7-12H2,1-2H3,(H,24,25,29). The minimum atomic E-state index is -0.353. The molecule has 31 heavy (non-hydrogen) atoms. The Morgan fingerprint density at radius 3 is 2.48 bits per heavy atom. The Labute approximate surface area is 196 Å². The third-order valence-electron chi connectivity index (χ3n) is 5.41. The van der Waals surface area contributed by atoms with Crippen molar-refractivity contribution < 1.29 is 9.59 Å². The lowest BCUT2D eigenvalue weighted by atomic mass is 10.2. The highest BCUT2D eigenvalue weighted by atomic mass is 35.5. The number of anilines is 1. The number of hydrogen-bond acceptors (Lipinski definition) is 6. The predicted molar refractivity (Wildman–Crippen MR) is 127 cm³/mol. The smallest absolute Gasteiger partial charge is 0.273 e. The molecule has 1 aromatic heterocycles. The van der Waals surface area contributed by atoms with Crippen molar-refractivity contribution in [1.29, 1.82) is 0 Å². The molecule has 0 bridgehead atoms. The summed E-state index contributed by atoms with van der Waals surface area (Å²) in [6.07, 6.45) is 0. The Balaban J connectivity index is 1.51. The van der Waals surface area contributed by atoms with Crippen molar-refractivity contribution in [1.82, 2.24) is 19.7 Å². The molecule has 10 heteroatoms. The summed E-state index contributed by atoms with van der Waals surface area (Å²) in [6.45, 7) is 11.6. The molecule has 2 aromatic rings. The summed E-state index contributed by atoms with van der Waals surface area (Å²) in [5.74, 6) is -0.455. The Kier molecular flexibility index (Phi) is 8.68. The molecule has 0 saturated carbocycles. The molecule has 1 aliphatic heterocycles. The molecule has 1 saturated heterocycles. The van der Waals surface area contributed by atoms with Crippen LogP contribution in [-0.2, 0) is 0 Å². The summed E-state index contributed by atoms with van der Waals surface area (Å²) in [6, 6.07) is 4.65. The van der Waals surface area contributed by atoms with E-state index in [0.717, 1.165) is 39.3 Å². The van der Waals surface area contributed by atoms with Crippen molar-refractivity contribution in [2.45, 2.75) is 13.8 Å². The maximum Gasteiger partial charge on any atom is 0.273 e. The van der Waals surface area contributed by atoms with Crippen LogP contribution >= 0.6 is 34.5 Å². The first-order chi connectivity index (χ1) is 14.9. The number of aromatic nitrogens is 1. The number of benzene rings is 1. The van der Waals surface area contributed by atoms with Gasteiger partial charge in [-0.05, 0) is 31.3 Å². The molecule has 3 rings (SSSR count). The van der Waals surface area contributed by atoms with Gasteiger partial charge in [-0.15, -0.1) is 11.3 Å². The minimum absolute atomic E-state index is 0.102. The molecular weight excluding hydrogens is 457 g/mol. The molecule has 0 aliphatic carbocycles. The number of hydrogen-bond donors (Lipinski definition) is 1. The van der Waals surface area contributed by atoms with E-state index in [2.05, 4.69) is 33.9 Å². The molecule has 1 aliphatic rings. The first-order valence-electron chi connectivity index (χ1n) is 10.4. The van der Waals surface area contributed by atoms with Gasteiger partial charge < -0.3 is 9.80 Å². The first kappa shape index (κ1) is 23.9. The van der Waals surface area contributed by atoms with Gasteiger partial charge in [0.1, 0.15) is 5.69 Å². The van der Waals surface area contributed by atoms with E-state index in [4.69, 9.17) is 23.2 Å². The maximum atomic E-state index is 12.8. The number of halogens is 2. The maximum absolute atomic E-state index is 12.8. The van der Waals surface area contributed by atoms with Gasteiger partial charge in [0.2, 0.25) is 0 Å². The molecule has 168 valence electrons. The van der Waals surface area contributed by atoms with Gasteiger partial charge in [-0.1, -0.05) is 37.0 Å². The molecule has 1 fully saturated rings. The van der Waals surface area contributed by atoms with Gasteiger partial charge in [-0.2, -0.15) is 0 Å². The van der Waals surface area contributed by atoms with E-state index >= 15 is 0 Å². The average Bonchev–Trinajstić information content (AvgIpc) is 3.24. The quantitative estimate of drug-likeness (QED) is 0.618. The Hall–Kier alpha value is -1.71. The lowest BCUT2D eigenvalue weighted by molar-refractivity contribution is 0.0620. The van der Waals surface area contributed by atoms with Crippen LogP contribution in [0.3, 0.4) is 0 Å². The van der Waals surface area contributed by atoms with Gasteiger partial charge in [0, 0.05) is 50.2 Å². The molecular formula is C21H27Cl2N5O2S.